The van der Waals surface area contributed by atoms with Crippen LogP contribution in [0.4, 0.5) is 0 Å². The lowest BCUT2D eigenvalue weighted by Gasteiger charge is -2.22. The largest absolute Gasteiger partial charge is 0.462 e. The van der Waals surface area contributed by atoms with Gasteiger partial charge >= 0.3 is 0 Å². The first kappa shape index (κ1) is 11.6. The van der Waals surface area contributed by atoms with Crippen molar-refractivity contribution in [2.24, 2.45) is 0 Å². The second kappa shape index (κ2) is 6.03. The van der Waals surface area contributed by atoms with Gasteiger partial charge in [-0.2, -0.15) is 0 Å². The van der Waals surface area contributed by atoms with Crippen LogP contribution in [0.15, 0.2) is 16.5 Å². The van der Waals surface area contributed by atoms with Crippen molar-refractivity contribution in [1.29, 1.82) is 0 Å². The van der Waals surface area contributed by atoms with E-state index >= 15 is 0 Å². The minimum atomic E-state index is 0.463. The van der Waals surface area contributed by atoms with Crippen molar-refractivity contribution in [3.05, 3.63) is 23.7 Å². The summed E-state index contributed by atoms with van der Waals surface area (Å²) in [6.45, 7) is 3.01. The number of hydrogen-bond donors (Lipinski definition) is 1. The molecule has 90 valence electrons. The maximum absolute atomic E-state index is 5.59. The highest BCUT2D eigenvalue weighted by molar-refractivity contribution is 5.06. The molecular weight excluding hydrogens is 206 g/mol. The molecule has 1 aromatic rings. The van der Waals surface area contributed by atoms with Crippen LogP contribution in [0.2, 0.25) is 0 Å². The van der Waals surface area contributed by atoms with Crippen molar-refractivity contribution < 1.29 is 13.9 Å². The Labute approximate surface area is 95.9 Å². The predicted octanol–water partition coefficient (Wildman–Crippen LogP) is 1.69. The first-order chi connectivity index (χ1) is 7.88. The SMILES string of the molecule is COCc1ccc(CNC2CCCOC2)o1. The van der Waals surface area contributed by atoms with Crippen molar-refractivity contribution in [2.75, 3.05) is 20.3 Å². The van der Waals surface area contributed by atoms with Gasteiger partial charge in [0.25, 0.3) is 0 Å². The van der Waals surface area contributed by atoms with Crippen molar-refractivity contribution in [3.8, 4) is 0 Å². The molecule has 2 rings (SSSR count). The second-order valence-corrected chi connectivity index (χ2v) is 4.10. The molecule has 4 heteroatoms. The quantitative estimate of drug-likeness (QED) is 0.828. The van der Waals surface area contributed by atoms with Crippen LogP contribution in [0.25, 0.3) is 0 Å². The average molecular weight is 225 g/mol. The molecule has 1 fully saturated rings. The van der Waals surface area contributed by atoms with Gasteiger partial charge in [-0.1, -0.05) is 0 Å². The molecule has 0 aliphatic carbocycles. The minimum absolute atomic E-state index is 0.463. The highest BCUT2D eigenvalue weighted by Crippen LogP contribution is 2.10. The Kier molecular flexibility index (Phi) is 4.39. The highest BCUT2D eigenvalue weighted by Gasteiger charge is 2.13. The molecule has 1 aliphatic rings. The van der Waals surface area contributed by atoms with E-state index in [4.69, 9.17) is 13.9 Å². The normalized spacial score (nSPS) is 21.2. The zero-order valence-electron chi connectivity index (χ0n) is 9.70. The molecule has 2 heterocycles. The lowest BCUT2D eigenvalue weighted by Crippen LogP contribution is -2.36. The van der Waals surface area contributed by atoms with E-state index in [0.29, 0.717) is 12.6 Å². The smallest absolute Gasteiger partial charge is 0.129 e. The summed E-state index contributed by atoms with van der Waals surface area (Å²) in [5.74, 6) is 1.83. The van der Waals surface area contributed by atoms with E-state index in [9.17, 15) is 0 Å². The molecule has 1 atom stereocenters. The van der Waals surface area contributed by atoms with Crippen LogP contribution >= 0.6 is 0 Å². The number of furan rings is 1. The van der Waals surface area contributed by atoms with Gasteiger partial charge in [-0.05, 0) is 25.0 Å². The predicted molar refractivity (Wildman–Crippen MR) is 60.1 cm³/mol. The summed E-state index contributed by atoms with van der Waals surface area (Å²) in [4.78, 5) is 0. The monoisotopic (exact) mass is 225 g/mol. The molecule has 1 saturated heterocycles. The van der Waals surface area contributed by atoms with Crippen LogP contribution in [-0.4, -0.2) is 26.4 Å². The number of methoxy groups -OCH3 is 1. The van der Waals surface area contributed by atoms with Crippen LogP contribution in [0.1, 0.15) is 24.4 Å². The standard InChI is InChI=1S/C12H19NO3/c1-14-9-12-5-4-11(16-12)7-13-10-3-2-6-15-8-10/h4-5,10,13H,2-3,6-9H2,1H3. The summed E-state index contributed by atoms with van der Waals surface area (Å²) in [5.41, 5.74) is 0. The lowest BCUT2D eigenvalue weighted by molar-refractivity contribution is 0.0692. The molecule has 0 saturated carbocycles. The van der Waals surface area contributed by atoms with E-state index in [2.05, 4.69) is 5.32 Å². The van der Waals surface area contributed by atoms with Crippen molar-refractivity contribution in [2.45, 2.75) is 32.0 Å². The molecule has 0 radical (unpaired) electrons. The molecule has 1 N–H and O–H groups in total. The fraction of sp³-hybridized carbons (Fsp3) is 0.667. The molecule has 0 amide bonds. The third-order valence-electron chi connectivity index (χ3n) is 2.73. The van der Waals surface area contributed by atoms with Gasteiger partial charge < -0.3 is 19.2 Å². The van der Waals surface area contributed by atoms with Crippen LogP contribution in [0.3, 0.4) is 0 Å². The summed E-state index contributed by atoms with van der Waals surface area (Å²) in [7, 11) is 1.67. The van der Waals surface area contributed by atoms with Crippen LogP contribution < -0.4 is 5.32 Å². The van der Waals surface area contributed by atoms with E-state index in [1.165, 1.54) is 6.42 Å². The number of ether oxygens (including phenoxy) is 2. The van der Waals surface area contributed by atoms with E-state index in [1.807, 2.05) is 12.1 Å². The topological polar surface area (TPSA) is 43.6 Å². The van der Waals surface area contributed by atoms with Crippen LogP contribution in [0.5, 0.6) is 0 Å². The molecular formula is C12H19NO3. The molecule has 1 unspecified atom stereocenters. The van der Waals surface area contributed by atoms with Gasteiger partial charge in [0.2, 0.25) is 0 Å². The van der Waals surface area contributed by atoms with Gasteiger partial charge in [0.15, 0.2) is 0 Å². The van der Waals surface area contributed by atoms with Crippen molar-refractivity contribution in [3.63, 3.8) is 0 Å². The van der Waals surface area contributed by atoms with E-state index in [-0.39, 0.29) is 0 Å². The Bertz CT molecular complexity index is 305. The van der Waals surface area contributed by atoms with Crippen molar-refractivity contribution >= 4 is 0 Å². The van der Waals surface area contributed by atoms with Gasteiger partial charge in [0, 0.05) is 19.8 Å². The number of nitrogens with one attached hydrogen (secondary N) is 1. The van der Waals surface area contributed by atoms with E-state index in [1.54, 1.807) is 7.11 Å². The van der Waals surface area contributed by atoms with Gasteiger partial charge in [0.1, 0.15) is 18.1 Å². The summed E-state index contributed by atoms with van der Waals surface area (Å²) in [6.07, 6.45) is 2.33. The van der Waals surface area contributed by atoms with Gasteiger partial charge in [-0.15, -0.1) is 0 Å². The molecule has 4 nitrogen and oxygen atoms in total. The zero-order valence-corrected chi connectivity index (χ0v) is 9.70. The Morgan fingerprint density at radius 3 is 3.06 bits per heavy atom. The van der Waals surface area contributed by atoms with E-state index < -0.39 is 0 Å². The first-order valence-corrected chi connectivity index (χ1v) is 5.76. The highest BCUT2D eigenvalue weighted by atomic mass is 16.5. The molecule has 0 aromatic carbocycles. The maximum atomic E-state index is 5.59. The van der Waals surface area contributed by atoms with Crippen LogP contribution in [0, 0.1) is 0 Å². The van der Waals surface area contributed by atoms with E-state index in [0.717, 1.165) is 37.7 Å². The number of rotatable bonds is 5. The summed E-state index contributed by atoms with van der Waals surface area (Å²) >= 11 is 0. The Hall–Kier alpha value is -0.840. The summed E-state index contributed by atoms with van der Waals surface area (Å²) in [5, 5.41) is 3.43. The summed E-state index contributed by atoms with van der Waals surface area (Å²) in [6, 6.07) is 4.41. The molecule has 1 aliphatic heterocycles. The molecule has 0 bridgehead atoms. The molecule has 1 aromatic heterocycles. The van der Waals surface area contributed by atoms with Gasteiger partial charge in [0.05, 0.1) is 13.2 Å². The second-order valence-electron chi connectivity index (χ2n) is 4.10. The minimum Gasteiger partial charge on any atom is -0.462 e. The fourth-order valence-electron chi connectivity index (χ4n) is 1.88. The fourth-order valence-corrected chi connectivity index (χ4v) is 1.88. The Morgan fingerprint density at radius 1 is 1.44 bits per heavy atom. The average Bonchev–Trinajstić information content (AvgIpc) is 2.76. The third-order valence-corrected chi connectivity index (χ3v) is 2.73. The molecule has 16 heavy (non-hydrogen) atoms. The van der Waals surface area contributed by atoms with Gasteiger partial charge in [-0.25, -0.2) is 0 Å². The Balaban J connectivity index is 1.75. The third kappa shape index (κ3) is 3.33. The lowest BCUT2D eigenvalue weighted by atomic mass is 10.1. The van der Waals surface area contributed by atoms with Gasteiger partial charge in [-0.3, -0.25) is 0 Å². The maximum Gasteiger partial charge on any atom is 0.129 e. The summed E-state index contributed by atoms with van der Waals surface area (Å²) < 4.78 is 16.0. The van der Waals surface area contributed by atoms with Crippen molar-refractivity contribution in [1.82, 2.24) is 5.32 Å². The zero-order chi connectivity index (χ0) is 11.2. The number of hydrogen-bond acceptors (Lipinski definition) is 4. The Morgan fingerprint density at radius 2 is 2.31 bits per heavy atom. The van der Waals surface area contributed by atoms with Crippen LogP contribution in [-0.2, 0) is 22.6 Å². The molecule has 0 spiro atoms. The first-order valence-electron chi connectivity index (χ1n) is 5.76.